The van der Waals surface area contributed by atoms with Gasteiger partial charge in [0.05, 0.1) is 0 Å². The molecule has 1 aromatic carbocycles. The summed E-state index contributed by atoms with van der Waals surface area (Å²) >= 11 is 5.94. The lowest BCUT2D eigenvalue weighted by molar-refractivity contribution is -0.109. The van der Waals surface area contributed by atoms with E-state index < -0.39 is 0 Å². The molecule has 2 atom stereocenters. The Bertz CT molecular complexity index is 419. The van der Waals surface area contributed by atoms with Gasteiger partial charge in [-0.25, -0.2) is 0 Å². The van der Waals surface area contributed by atoms with Crippen molar-refractivity contribution < 1.29 is 4.79 Å². The van der Waals surface area contributed by atoms with Crippen molar-refractivity contribution >= 4 is 17.9 Å². The van der Waals surface area contributed by atoms with E-state index in [1.54, 1.807) is 0 Å². The Kier molecular flexibility index (Phi) is 2.74. The van der Waals surface area contributed by atoms with Gasteiger partial charge >= 0.3 is 0 Å². The summed E-state index contributed by atoms with van der Waals surface area (Å²) < 4.78 is 0. The Morgan fingerprint density at radius 2 is 1.82 bits per heavy atom. The second-order valence-corrected chi connectivity index (χ2v) is 5.91. The van der Waals surface area contributed by atoms with Gasteiger partial charge < -0.3 is 4.79 Å². The zero-order chi connectivity index (χ0) is 11.9. The van der Waals surface area contributed by atoms with Crippen LogP contribution in [-0.4, -0.2) is 6.29 Å². The quantitative estimate of drug-likeness (QED) is 0.740. The molecule has 2 aliphatic carbocycles. The summed E-state index contributed by atoms with van der Waals surface area (Å²) in [5, 5.41) is 0.777. The molecule has 0 spiro atoms. The zero-order valence-electron chi connectivity index (χ0n) is 9.86. The first-order chi connectivity index (χ1) is 8.27. The number of halogens is 1. The number of aldehydes is 1. The summed E-state index contributed by atoms with van der Waals surface area (Å²) in [6.07, 6.45) is 7.42. The van der Waals surface area contributed by atoms with E-state index in [2.05, 4.69) is 12.1 Å². The highest BCUT2D eigenvalue weighted by molar-refractivity contribution is 6.30. The van der Waals surface area contributed by atoms with E-state index in [-0.39, 0.29) is 11.3 Å². The van der Waals surface area contributed by atoms with E-state index >= 15 is 0 Å². The van der Waals surface area contributed by atoms with Gasteiger partial charge in [-0.05, 0) is 42.9 Å². The molecule has 1 nitrogen and oxygen atoms in total. The normalized spacial score (nSPS) is 32.6. The van der Waals surface area contributed by atoms with Crippen molar-refractivity contribution in [1.82, 2.24) is 0 Å². The van der Waals surface area contributed by atoms with Crippen LogP contribution in [-0.2, 0) is 10.2 Å². The van der Waals surface area contributed by atoms with Crippen molar-refractivity contribution in [3.8, 4) is 0 Å². The van der Waals surface area contributed by atoms with Gasteiger partial charge in [0.1, 0.15) is 6.29 Å². The fraction of sp³-hybridized carbons (Fsp3) is 0.533. The van der Waals surface area contributed by atoms with Gasteiger partial charge in [0.25, 0.3) is 0 Å². The number of hydrogen-bond acceptors (Lipinski definition) is 1. The fourth-order valence-electron chi connectivity index (χ4n) is 3.71. The highest BCUT2D eigenvalue weighted by atomic mass is 35.5. The smallest absolute Gasteiger partial charge is 0.124 e. The molecule has 2 fully saturated rings. The molecule has 2 unspecified atom stereocenters. The maximum atomic E-state index is 11.2. The number of benzene rings is 1. The minimum atomic E-state index is 0.156. The molecule has 2 saturated carbocycles. The third-order valence-corrected chi connectivity index (χ3v) is 4.94. The summed E-state index contributed by atoms with van der Waals surface area (Å²) in [7, 11) is 0. The average molecular weight is 249 g/mol. The van der Waals surface area contributed by atoms with Gasteiger partial charge in [-0.2, -0.15) is 0 Å². The minimum absolute atomic E-state index is 0.156. The van der Waals surface area contributed by atoms with Crippen molar-refractivity contribution in [2.75, 3.05) is 0 Å². The predicted molar refractivity (Wildman–Crippen MR) is 69.3 cm³/mol. The van der Waals surface area contributed by atoms with E-state index in [0.717, 1.165) is 17.7 Å². The van der Waals surface area contributed by atoms with Gasteiger partial charge in [-0.3, -0.25) is 0 Å². The Morgan fingerprint density at radius 1 is 1.18 bits per heavy atom. The molecule has 2 aliphatic rings. The lowest BCUT2D eigenvalue weighted by Gasteiger charge is -2.24. The predicted octanol–water partition coefficient (Wildman–Crippen LogP) is 3.99. The van der Waals surface area contributed by atoms with Gasteiger partial charge in [0, 0.05) is 16.4 Å². The van der Waals surface area contributed by atoms with Crippen LogP contribution in [0.4, 0.5) is 0 Å². The van der Waals surface area contributed by atoms with Crippen LogP contribution in [0, 0.1) is 11.8 Å². The molecule has 2 heteroatoms. The molecule has 0 radical (unpaired) electrons. The second kappa shape index (κ2) is 4.13. The van der Waals surface area contributed by atoms with E-state index in [1.807, 2.05) is 12.1 Å². The minimum Gasteiger partial charge on any atom is -0.303 e. The number of carbonyl (C=O) groups is 1. The number of carbonyl (C=O) groups excluding carboxylic acids is 1. The molecule has 3 rings (SSSR count). The Morgan fingerprint density at radius 3 is 2.35 bits per heavy atom. The third kappa shape index (κ3) is 1.72. The Balaban J connectivity index is 1.95. The molecule has 0 aromatic heterocycles. The first kappa shape index (κ1) is 11.3. The molecule has 0 bridgehead atoms. The highest BCUT2D eigenvalue weighted by Gasteiger charge is 2.59. The Labute approximate surface area is 107 Å². The standard InChI is InChI=1S/C15H17ClO/c16-14-7-5-12(6-8-14)15(9-13(15)10-17)11-3-1-2-4-11/h5-8,10-11,13H,1-4,9H2. The van der Waals surface area contributed by atoms with Crippen LogP contribution in [0.25, 0.3) is 0 Å². The summed E-state index contributed by atoms with van der Waals surface area (Å²) in [5.41, 5.74) is 1.48. The van der Waals surface area contributed by atoms with Crippen LogP contribution in [0.3, 0.4) is 0 Å². The average Bonchev–Trinajstić information content (AvgIpc) is 2.84. The van der Waals surface area contributed by atoms with E-state index in [9.17, 15) is 4.79 Å². The molecule has 0 saturated heterocycles. The zero-order valence-corrected chi connectivity index (χ0v) is 10.6. The topological polar surface area (TPSA) is 17.1 Å². The monoisotopic (exact) mass is 248 g/mol. The number of hydrogen-bond donors (Lipinski definition) is 0. The summed E-state index contributed by atoms with van der Waals surface area (Å²) in [5.74, 6) is 0.950. The van der Waals surface area contributed by atoms with Crippen LogP contribution >= 0.6 is 11.6 Å². The molecule has 0 aliphatic heterocycles. The molecule has 1 aromatic rings. The Hall–Kier alpha value is -0.820. The van der Waals surface area contributed by atoms with Crippen LogP contribution in [0.1, 0.15) is 37.7 Å². The van der Waals surface area contributed by atoms with E-state index in [0.29, 0.717) is 5.92 Å². The SMILES string of the molecule is O=CC1CC1(c1ccc(Cl)cc1)C1CCCC1. The van der Waals surface area contributed by atoms with Crippen molar-refractivity contribution in [1.29, 1.82) is 0 Å². The molecule has 0 amide bonds. The first-order valence-electron chi connectivity index (χ1n) is 6.49. The molecule has 17 heavy (non-hydrogen) atoms. The largest absolute Gasteiger partial charge is 0.303 e. The van der Waals surface area contributed by atoms with Crippen LogP contribution in [0.2, 0.25) is 5.02 Å². The van der Waals surface area contributed by atoms with Crippen molar-refractivity contribution in [2.45, 2.75) is 37.5 Å². The van der Waals surface area contributed by atoms with Gasteiger partial charge in [0.2, 0.25) is 0 Å². The number of rotatable bonds is 3. The van der Waals surface area contributed by atoms with Crippen LogP contribution < -0.4 is 0 Å². The fourth-order valence-corrected chi connectivity index (χ4v) is 3.84. The van der Waals surface area contributed by atoms with Gasteiger partial charge in [-0.15, -0.1) is 0 Å². The maximum Gasteiger partial charge on any atom is 0.124 e. The van der Waals surface area contributed by atoms with Crippen molar-refractivity contribution in [3.63, 3.8) is 0 Å². The second-order valence-electron chi connectivity index (χ2n) is 5.48. The first-order valence-corrected chi connectivity index (χ1v) is 6.86. The lowest BCUT2D eigenvalue weighted by Crippen LogP contribution is -2.21. The summed E-state index contributed by atoms with van der Waals surface area (Å²) in [6.45, 7) is 0. The van der Waals surface area contributed by atoms with Crippen molar-refractivity contribution in [2.24, 2.45) is 11.8 Å². The lowest BCUT2D eigenvalue weighted by atomic mass is 9.80. The van der Waals surface area contributed by atoms with Crippen LogP contribution in [0.15, 0.2) is 24.3 Å². The summed E-state index contributed by atoms with van der Waals surface area (Å²) in [6, 6.07) is 8.13. The van der Waals surface area contributed by atoms with Crippen molar-refractivity contribution in [3.05, 3.63) is 34.9 Å². The maximum absolute atomic E-state index is 11.2. The molecule has 90 valence electrons. The van der Waals surface area contributed by atoms with E-state index in [1.165, 1.54) is 31.2 Å². The van der Waals surface area contributed by atoms with Gasteiger partial charge in [-0.1, -0.05) is 36.6 Å². The van der Waals surface area contributed by atoms with E-state index in [4.69, 9.17) is 11.6 Å². The molecular weight excluding hydrogens is 232 g/mol. The third-order valence-electron chi connectivity index (χ3n) is 4.69. The summed E-state index contributed by atoms with van der Waals surface area (Å²) in [4.78, 5) is 11.2. The molecule has 0 N–H and O–H groups in total. The molecule has 0 heterocycles. The highest BCUT2D eigenvalue weighted by Crippen LogP contribution is 2.62. The van der Waals surface area contributed by atoms with Crippen LogP contribution in [0.5, 0.6) is 0 Å². The van der Waals surface area contributed by atoms with Gasteiger partial charge in [0.15, 0.2) is 0 Å². The molecular formula is C15H17ClO.